The lowest BCUT2D eigenvalue weighted by Gasteiger charge is -2.16. The molecular weight excluding hydrogens is 330 g/mol. The third-order valence-corrected chi connectivity index (χ3v) is 3.98. The second-order valence-corrected chi connectivity index (χ2v) is 6.20. The molecule has 0 aliphatic rings. The average Bonchev–Trinajstić information content (AvgIpc) is 2.60. The van der Waals surface area contributed by atoms with E-state index in [-0.39, 0.29) is 11.7 Å². The highest BCUT2D eigenvalue weighted by Crippen LogP contribution is 2.22. The van der Waals surface area contributed by atoms with E-state index in [0.29, 0.717) is 24.5 Å². The molecule has 138 valence electrons. The van der Waals surface area contributed by atoms with Gasteiger partial charge in [-0.3, -0.25) is 9.59 Å². The van der Waals surface area contributed by atoms with E-state index in [1.807, 2.05) is 32.0 Å². The zero-order chi connectivity index (χ0) is 19.1. The van der Waals surface area contributed by atoms with Crippen LogP contribution in [0.1, 0.15) is 35.3 Å². The van der Waals surface area contributed by atoms with Gasteiger partial charge in [0, 0.05) is 5.56 Å². The molecule has 1 amide bonds. The summed E-state index contributed by atoms with van der Waals surface area (Å²) in [6.45, 7) is 7.91. The molecule has 0 bridgehead atoms. The maximum absolute atomic E-state index is 12.2. The third-order valence-electron chi connectivity index (χ3n) is 3.98. The number of carbonyl (C=O) groups is 2. The predicted octanol–water partition coefficient (Wildman–Crippen LogP) is 3.47. The van der Waals surface area contributed by atoms with Gasteiger partial charge in [0.15, 0.2) is 11.9 Å². The van der Waals surface area contributed by atoms with Crippen molar-refractivity contribution in [3.8, 4) is 11.5 Å². The van der Waals surface area contributed by atoms with Gasteiger partial charge in [-0.2, -0.15) is 0 Å². The number of hydrogen-bond donors (Lipinski definition) is 1. The number of amides is 1. The summed E-state index contributed by atoms with van der Waals surface area (Å²) in [4.78, 5) is 23.6. The lowest BCUT2D eigenvalue weighted by molar-refractivity contribution is -0.127. The van der Waals surface area contributed by atoms with Gasteiger partial charge in [0.25, 0.3) is 5.91 Å². The topological polar surface area (TPSA) is 64.6 Å². The Morgan fingerprint density at radius 2 is 1.73 bits per heavy atom. The minimum absolute atomic E-state index is 0.0452. The number of Topliss-reactive ketones (excluding diaryl/α,β-unsaturated/α-hetero) is 1. The molecule has 2 rings (SSSR count). The van der Waals surface area contributed by atoms with Gasteiger partial charge in [-0.05, 0) is 51.0 Å². The number of para-hydroxylation sites is 1. The van der Waals surface area contributed by atoms with Crippen molar-refractivity contribution in [2.24, 2.45) is 0 Å². The van der Waals surface area contributed by atoms with E-state index < -0.39 is 6.10 Å². The van der Waals surface area contributed by atoms with Crippen LogP contribution < -0.4 is 14.8 Å². The van der Waals surface area contributed by atoms with E-state index in [2.05, 4.69) is 5.32 Å². The molecular formula is C21H25NO4. The van der Waals surface area contributed by atoms with Gasteiger partial charge in [-0.1, -0.05) is 30.3 Å². The number of nitrogens with one attached hydrogen (secondary N) is 1. The smallest absolute Gasteiger partial charge is 0.260 e. The van der Waals surface area contributed by atoms with Crippen LogP contribution in [0, 0.1) is 13.8 Å². The first-order valence-corrected chi connectivity index (χ1v) is 8.63. The van der Waals surface area contributed by atoms with Crippen molar-refractivity contribution in [3.05, 3.63) is 59.2 Å². The fourth-order valence-electron chi connectivity index (χ4n) is 2.54. The van der Waals surface area contributed by atoms with E-state index in [0.717, 1.165) is 16.9 Å². The van der Waals surface area contributed by atoms with E-state index in [1.165, 1.54) is 6.92 Å². The van der Waals surface area contributed by atoms with Gasteiger partial charge in [-0.15, -0.1) is 0 Å². The minimum atomic E-state index is -0.669. The van der Waals surface area contributed by atoms with Gasteiger partial charge in [0.05, 0.1) is 6.54 Å². The lowest BCUT2D eigenvalue weighted by atomic mass is 10.1. The molecule has 0 saturated carbocycles. The van der Waals surface area contributed by atoms with Gasteiger partial charge in [0.1, 0.15) is 18.1 Å². The molecule has 0 aliphatic carbocycles. The number of rotatable bonds is 8. The first kappa shape index (κ1) is 19.5. The Kier molecular flexibility index (Phi) is 6.78. The van der Waals surface area contributed by atoms with Gasteiger partial charge < -0.3 is 14.8 Å². The molecule has 5 heteroatoms. The Labute approximate surface area is 154 Å². The van der Waals surface area contributed by atoms with Crippen LogP contribution in [0.15, 0.2) is 42.5 Å². The lowest BCUT2D eigenvalue weighted by Crippen LogP contribution is -2.38. The van der Waals surface area contributed by atoms with Gasteiger partial charge in [-0.25, -0.2) is 0 Å². The number of ether oxygens (including phenoxy) is 2. The zero-order valence-corrected chi connectivity index (χ0v) is 15.7. The Morgan fingerprint density at radius 3 is 2.38 bits per heavy atom. The van der Waals surface area contributed by atoms with Crippen LogP contribution in [0.3, 0.4) is 0 Å². The predicted molar refractivity (Wildman–Crippen MR) is 101 cm³/mol. The summed E-state index contributed by atoms with van der Waals surface area (Å²) in [5, 5.41) is 2.79. The fourth-order valence-corrected chi connectivity index (χ4v) is 2.54. The summed E-state index contributed by atoms with van der Waals surface area (Å²) in [6.07, 6.45) is -0.669. The van der Waals surface area contributed by atoms with Crippen LogP contribution in [0.5, 0.6) is 11.5 Å². The Balaban J connectivity index is 1.80. The van der Waals surface area contributed by atoms with Crippen molar-refractivity contribution in [2.45, 2.75) is 33.8 Å². The third kappa shape index (κ3) is 5.34. The van der Waals surface area contributed by atoms with Gasteiger partial charge >= 0.3 is 0 Å². The van der Waals surface area contributed by atoms with Crippen molar-refractivity contribution in [1.82, 2.24) is 5.32 Å². The summed E-state index contributed by atoms with van der Waals surface area (Å²) >= 11 is 0. The van der Waals surface area contributed by atoms with E-state index >= 15 is 0 Å². The Hall–Kier alpha value is -2.82. The maximum atomic E-state index is 12.2. The van der Waals surface area contributed by atoms with E-state index in [4.69, 9.17) is 9.47 Å². The van der Waals surface area contributed by atoms with Crippen molar-refractivity contribution in [3.63, 3.8) is 0 Å². The zero-order valence-electron chi connectivity index (χ0n) is 15.7. The first-order chi connectivity index (χ1) is 12.4. The molecule has 0 heterocycles. The summed E-state index contributed by atoms with van der Waals surface area (Å²) in [5.41, 5.74) is 2.69. The van der Waals surface area contributed by atoms with E-state index in [9.17, 15) is 9.59 Å². The number of benzene rings is 2. The number of ketones is 1. The average molecular weight is 355 g/mol. The first-order valence-electron chi connectivity index (χ1n) is 8.63. The second-order valence-electron chi connectivity index (χ2n) is 6.20. The highest BCUT2D eigenvalue weighted by atomic mass is 16.5. The number of aryl methyl sites for hydroxylation is 2. The molecule has 1 N–H and O–H groups in total. The van der Waals surface area contributed by atoms with Crippen LogP contribution in [-0.4, -0.2) is 30.9 Å². The van der Waals surface area contributed by atoms with Gasteiger partial charge in [0.2, 0.25) is 0 Å². The normalized spacial score (nSPS) is 11.5. The molecule has 2 aromatic rings. The van der Waals surface area contributed by atoms with Crippen molar-refractivity contribution >= 4 is 11.7 Å². The highest BCUT2D eigenvalue weighted by Gasteiger charge is 2.15. The standard InChI is InChI=1S/C21H25NO4/c1-14-7-5-8-15(2)20(14)25-12-11-22-21(24)17(4)26-19-10-6-9-18(13-19)16(3)23/h5-10,13,17H,11-12H2,1-4H3,(H,22,24). The molecule has 0 aromatic heterocycles. The molecule has 1 atom stereocenters. The maximum Gasteiger partial charge on any atom is 0.260 e. The summed E-state index contributed by atoms with van der Waals surface area (Å²) < 4.78 is 11.4. The summed E-state index contributed by atoms with van der Waals surface area (Å²) in [6, 6.07) is 12.8. The van der Waals surface area contributed by atoms with Crippen molar-refractivity contribution < 1.29 is 19.1 Å². The van der Waals surface area contributed by atoms with Crippen LogP contribution in [0.2, 0.25) is 0 Å². The molecule has 0 radical (unpaired) electrons. The number of carbonyl (C=O) groups excluding carboxylic acids is 2. The number of hydrogen-bond acceptors (Lipinski definition) is 4. The SMILES string of the molecule is CC(=O)c1cccc(OC(C)C(=O)NCCOc2c(C)cccc2C)c1. The molecule has 1 unspecified atom stereocenters. The molecule has 0 saturated heterocycles. The largest absolute Gasteiger partial charge is 0.491 e. The molecule has 0 spiro atoms. The van der Waals surface area contributed by atoms with Crippen LogP contribution in [0.25, 0.3) is 0 Å². The monoisotopic (exact) mass is 355 g/mol. The summed E-state index contributed by atoms with van der Waals surface area (Å²) in [5.74, 6) is 1.07. The molecule has 5 nitrogen and oxygen atoms in total. The van der Waals surface area contributed by atoms with Crippen molar-refractivity contribution in [2.75, 3.05) is 13.2 Å². The highest BCUT2D eigenvalue weighted by molar-refractivity contribution is 5.94. The summed E-state index contributed by atoms with van der Waals surface area (Å²) in [7, 11) is 0. The molecule has 0 fully saturated rings. The van der Waals surface area contributed by atoms with Crippen LogP contribution in [-0.2, 0) is 4.79 Å². The van der Waals surface area contributed by atoms with E-state index in [1.54, 1.807) is 31.2 Å². The Morgan fingerprint density at radius 1 is 1.08 bits per heavy atom. The second kappa shape index (κ2) is 9.04. The quantitative estimate of drug-likeness (QED) is 0.582. The fraction of sp³-hybridized carbons (Fsp3) is 0.333. The van der Waals surface area contributed by atoms with Crippen LogP contribution in [0.4, 0.5) is 0 Å². The molecule has 0 aliphatic heterocycles. The Bertz CT molecular complexity index is 765. The minimum Gasteiger partial charge on any atom is -0.491 e. The van der Waals surface area contributed by atoms with Crippen LogP contribution >= 0.6 is 0 Å². The van der Waals surface area contributed by atoms with Crippen molar-refractivity contribution in [1.29, 1.82) is 0 Å². The molecule has 2 aromatic carbocycles. The molecule has 26 heavy (non-hydrogen) atoms.